The molecule has 2 saturated carbocycles. The number of ether oxygens (including phenoxy) is 5. The zero-order chi connectivity index (χ0) is 25.3. The van der Waals surface area contributed by atoms with Crippen LogP contribution in [0.2, 0.25) is 0 Å². The summed E-state index contributed by atoms with van der Waals surface area (Å²) in [7, 11) is 0. The van der Waals surface area contributed by atoms with Crippen LogP contribution in [0.5, 0.6) is 0 Å². The lowest BCUT2D eigenvalue weighted by atomic mass is 9.36. The van der Waals surface area contributed by atoms with E-state index in [1.165, 1.54) is 0 Å². The molecule has 36 heavy (non-hydrogen) atoms. The van der Waals surface area contributed by atoms with Crippen molar-refractivity contribution in [2.75, 3.05) is 6.61 Å². The maximum atomic E-state index is 13.3. The fourth-order valence-corrected chi connectivity index (χ4v) is 9.86. The summed E-state index contributed by atoms with van der Waals surface area (Å²) in [6.45, 7) is 9.10. The molecule has 0 N–H and O–H groups in total. The summed E-state index contributed by atoms with van der Waals surface area (Å²) in [5.41, 5.74) is -2.44. The van der Waals surface area contributed by atoms with Gasteiger partial charge in [-0.15, -0.1) is 0 Å². The first-order valence-electron chi connectivity index (χ1n) is 12.9. The van der Waals surface area contributed by atoms with Crippen LogP contribution in [0.15, 0.2) is 23.0 Å². The maximum Gasteiger partial charge on any atom is 0.339 e. The van der Waals surface area contributed by atoms with Gasteiger partial charge in [0.1, 0.15) is 24.4 Å². The third kappa shape index (κ3) is 2.29. The number of esters is 2. The molecule has 6 aliphatic rings. The Morgan fingerprint density at radius 1 is 1.08 bits per heavy atom. The predicted octanol–water partition coefficient (Wildman–Crippen LogP) is 3.11. The second-order valence-corrected chi connectivity index (χ2v) is 12.6. The minimum Gasteiger partial charge on any atom is -0.472 e. The van der Waals surface area contributed by atoms with E-state index < -0.39 is 51.7 Å². The van der Waals surface area contributed by atoms with E-state index in [1.807, 2.05) is 6.07 Å². The van der Waals surface area contributed by atoms with Crippen molar-refractivity contribution in [2.45, 2.75) is 89.0 Å². The second kappa shape index (κ2) is 6.72. The van der Waals surface area contributed by atoms with Gasteiger partial charge in [-0.25, -0.2) is 4.79 Å². The molecule has 10 atom stereocenters. The number of carbonyl (C=O) groups is 3. The van der Waals surface area contributed by atoms with Crippen molar-refractivity contribution < 1.29 is 42.5 Å². The highest BCUT2D eigenvalue weighted by atomic mass is 16.7. The van der Waals surface area contributed by atoms with Crippen molar-refractivity contribution in [1.82, 2.24) is 0 Å². The van der Waals surface area contributed by atoms with Crippen molar-refractivity contribution >= 4 is 18.4 Å². The van der Waals surface area contributed by atoms with Crippen LogP contribution in [0.25, 0.3) is 0 Å². The Morgan fingerprint density at radius 3 is 2.61 bits per heavy atom. The lowest BCUT2D eigenvalue weighted by molar-refractivity contribution is -0.263. The Morgan fingerprint density at radius 2 is 1.89 bits per heavy atom. The van der Waals surface area contributed by atoms with Gasteiger partial charge in [0.05, 0.1) is 30.7 Å². The lowest BCUT2D eigenvalue weighted by Gasteiger charge is -2.67. The zero-order valence-corrected chi connectivity index (χ0v) is 21.0. The summed E-state index contributed by atoms with van der Waals surface area (Å²) in [6.07, 6.45) is 3.30. The molecule has 4 aliphatic heterocycles. The van der Waals surface area contributed by atoms with Crippen LogP contribution < -0.4 is 0 Å². The molecule has 0 bridgehead atoms. The molecule has 7 rings (SSSR count). The molecule has 1 aromatic heterocycles. The Kier molecular flexibility index (Phi) is 4.26. The number of fused-ring (bicyclic) bond motifs is 1. The van der Waals surface area contributed by atoms with Gasteiger partial charge in [-0.2, -0.15) is 0 Å². The van der Waals surface area contributed by atoms with Gasteiger partial charge in [-0.05, 0) is 45.1 Å². The Balaban J connectivity index is 1.42. The van der Waals surface area contributed by atoms with Gasteiger partial charge in [0.2, 0.25) is 0 Å². The van der Waals surface area contributed by atoms with E-state index in [0.29, 0.717) is 12.9 Å². The molecule has 9 nitrogen and oxygen atoms in total. The Bertz CT molecular complexity index is 1140. The SMILES string of the molecule is CC1(C)O[C@H]2CC(=O)OC[C@]23[C@H]2CC[C@@]4(C)[C@H](c5ccoc5)OC(=O)[C@H]5O[C@]54[C@]2(C)[C@H](OC=O)C[C@@H]13. The first-order valence-corrected chi connectivity index (χ1v) is 12.9. The standard InChI is InChI=1S/C27H32O9/c1-23(2)16-9-17(33-13-28)25(4)15(26(16)12-32-19(29)10-18(26)35-23)5-7-24(3)20(14-6-8-31-11-14)34-22(30)21-27(24,25)36-21/h6,8,11,13,15-18,20-21H,5,7,9-10,12H2,1-4H3/t15-,16-,17+,18-,20-,21+,24-,25-,26+,27+/m0/s1. The number of hydrogen-bond donors (Lipinski definition) is 0. The van der Waals surface area contributed by atoms with E-state index in [4.69, 9.17) is 28.1 Å². The largest absolute Gasteiger partial charge is 0.472 e. The molecule has 0 radical (unpaired) electrons. The molecule has 0 unspecified atom stereocenters. The number of epoxide rings is 1. The van der Waals surface area contributed by atoms with E-state index in [9.17, 15) is 14.4 Å². The van der Waals surface area contributed by atoms with Gasteiger partial charge in [0, 0.05) is 27.7 Å². The number of furan rings is 1. The van der Waals surface area contributed by atoms with Crippen LogP contribution >= 0.6 is 0 Å². The number of cyclic esters (lactones) is 2. The Hall–Kier alpha value is -2.39. The molecule has 5 heterocycles. The highest BCUT2D eigenvalue weighted by molar-refractivity contribution is 5.82. The van der Waals surface area contributed by atoms with E-state index in [0.717, 1.165) is 18.4 Å². The quantitative estimate of drug-likeness (QED) is 0.267. The molecule has 0 amide bonds. The van der Waals surface area contributed by atoms with Crippen LogP contribution in [-0.2, 0) is 38.1 Å². The third-order valence-electron chi connectivity index (χ3n) is 11.2. The van der Waals surface area contributed by atoms with E-state index in [1.54, 1.807) is 12.5 Å². The lowest BCUT2D eigenvalue weighted by Crippen LogP contribution is -2.74. The molecular weight excluding hydrogens is 468 g/mol. The zero-order valence-electron chi connectivity index (χ0n) is 21.0. The minimum absolute atomic E-state index is 0.00398. The number of hydrogen-bond acceptors (Lipinski definition) is 9. The molecule has 2 aliphatic carbocycles. The van der Waals surface area contributed by atoms with Gasteiger partial charge >= 0.3 is 11.9 Å². The van der Waals surface area contributed by atoms with Gasteiger partial charge in [-0.3, -0.25) is 9.59 Å². The number of carbonyl (C=O) groups excluding carboxylic acids is 3. The molecular formula is C27H32O9. The molecule has 0 aromatic carbocycles. The average Bonchev–Trinajstić information content (AvgIpc) is 3.31. The average molecular weight is 501 g/mol. The fourth-order valence-electron chi connectivity index (χ4n) is 9.86. The van der Waals surface area contributed by atoms with Crippen LogP contribution in [0.4, 0.5) is 0 Å². The smallest absolute Gasteiger partial charge is 0.339 e. The Labute approximate surface area is 209 Å². The molecule has 6 fully saturated rings. The van der Waals surface area contributed by atoms with Crippen LogP contribution in [-0.4, -0.2) is 54.5 Å². The van der Waals surface area contributed by atoms with Crippen molar-refractivity contribution in [3.63, 3.8) is 0 Å². The summed E-state index contributed by atoms with van der Waals surface area (Å²) in [5.74, 6) is -0.720. The summed E-state index contributed by atoms with van der Waals surface area (Å²) in [4.78, 5) is 37.6. The van der Waals surface area contributed by atoms with E-state index >= 15 is 0 Å². The summed E-state index contributed by atoms with van der Waals surface area (Å²) in [6, 6.07) is 1.83. The van der Waals surface area contributed by atoms with Gasteiger partial charge in [0.15, 0.2) is 6.10 Å². The monoisotopic (exact) mass is 500 g/mol. The number of rotatable bonds is 3. The van der Waals surface area contributed by atoms with E-state index in [2.05, 4.69) is 27.7 Å². The predicted molar refractivity (Wildman–Crippen MR) is 120 cm³/mol. The van der Waals surface area contributed by atoms with Crippen molar-refractivity contribution in [3.8, 4) is 0 Å². The summed E-state index contributed by atoms with van der Waals surface area (Å²) >= 11 is 0. The van der Waals surface area contributed by atoms with Gasteiger partial charge in [-0.1, -0.05) is 13.8 Å². The molecule has 1 aromatic rings. The highest BCUT2D eigenvalue weighted by Gasteiger charge is 2.90. The molecule has 194 valence electrons. The van der Waals surface area contributed by atoms with Crippen LogP contribution in [0, 0.1) is 28.1 Å². The molecule has 2 spiro atoms. The third-order valence-corrected chi connectivity index (χ3v) is 11.2. The van der Waals surface area contributed by atoms with Crippen LogP contribution in [0.1, 0.15) is 65.0 Å². The van der Waals surface area contributed by atoms with Crippen molar-refractivity contribution in [3.05, 3.63) is 24.2 Å². The summed E-state index contributed by atoms with van der Waals surface area (Å²) < 4.78 is 36.1. The van der Waals surface area contributed by atoms with Gasteiger partial charge in [0.25, 0.3) is 6.47 Å². The molecule has 9 heteroatoms. The van der Waals surface area contributed by atoms with Crippen molar-refractivity contribution in [2.24, 2.45) is 28.1 Å². The summed E-state index contributed by atoms with van der Waals surface area (Å²) in [5, 5.41) is 0. The second-order valence-electron chi connectivity index (χ2n) is 12.6. The van der Waals surface area contributed by atoms with Gasteiger partial charge < -0.3 is 28.1 Å². The van der Waals surface area contributed by atoms with Crippen LogP contribution in [0.3, 0.4) is 0 Å². The highest BCUT2D eigenvalue weighted by Crippen LogP contribution is 2.80. The molecule has 4 saturated heterocycles. The maximum absolute atomic E-state index is 13.3. The first-order chi connectivity index (χ1) is 17.1. The van der Waals surface area contributed by atoms with Crippen molar-refractivity contribution in [1.29, 1.82) is 0 Å². The minimum atomic E-state index is -0.910. The first kappa shape index (κ1) is 22.8. The fraction of sp³-hybridized carbons (Fsp3) is 0.741. The normalized spacial score (nSPS) is 51.9. The van der Waals surface area contributed by atoms with E-state index in [-0.39, 0.29) is 36.9 Å². The topological polar surface area (TPSA) is 114 Å².